The van der Waals surface area contributed by atoms with Crippen molar-refractivity contribution < 1.29 is 0 Å². The van der Waals surface area contributed by atoms with E-state index in [2.05, 4.69) is 38.1 Å². The number of hydrogen-bond donors (Lipinski definition) is 1. The van der Waals surface area contributed by atoms with Gasteiger partial charge in [0.25, 0.3) is 0 Å². The number of nitrogens with zero attached hydrogens (tertiary/aromatic N) is 2. The molecule has 0 bridgehead atoms. The highest BCUT2D eigenvalue weighted by Crippen LogP contribution is 2.22. The number of halogens is 1. The summed E-state index contributed by atoms with van der Waals surface area (Å²) in [6.07, 6.45) is 2.05. The minimum absolute atomic E-state index is 0.332. The molecule has 0 aromatic carbocycles. The number of nitrogens with one attached hydrogen (secondary N) is 1. The molecule has 0 saturated heterocycles. The molecule has 17 heavy (non-hydrogen) atoms. The van der Waals surface area contributed by atoms with Gasteiger partial charge in [-0.2, -0.15) is 5.10 Å². The van der Waals surface area contributed by atoms with Crippen molar-refractivity contribution in [3.63, 3.8) is 0 Å². The van der Waals surface area contributed by atoms with Gasteiger partial charge in [-0.3, -0.25) is 4.68 Å². The molecule has 0 aliphatic rings. The second-order valence-electron chi connectivity index (χ2n) is 5.31. The first-order valence-corrected chi connectivity index (χ1v) is 6.70. The van der Waals surface area contributed by atoms with E-state index in [-0.39, 0.29) is 0 Å². The van der Waals surface area contributed by atoms with E-state index in [1.165, 1.54) is 6.42 Å². The van der Waals surface area contributed by atoms with E-state index in [9.17, 15) is 0 Å². The van der Waals surface area contributed by atoms with Crippen molar-refractivity contribution in [1.82, 2.24) is 15.1 Å². The molecular formula is C13H24ClN3. The van der Waals surface area contributed by atoms with Crippen molar-refractivity contribution in [2.75, 3.05) is 6.54 Å². The van der Waals surface area contributed by atoms with E-state index in [0.29, 0.717) is 5.41 Å². The van der Waals surface area contributed by atoms with Crippen LogP contribution in [0.3, 0.4) is 0 Å². The van der Waals surface area contributed by atoms with Crippen LogP contribution in [-0.2, 0) is 20.0 Å². The number of hydrogen-bond acceptors (Lipinski definition) is 2. The molecule has 0 aliphatic carbocycles. The summed E-state index contributed by atoms with van der Waals surface area (Å²) in [5, 5.41) is 8.69. The van der Waals surface area contributed by atoms with Crippen molar-refractivity contribution in [2.45, 2.75) is 47.1 Å². The van der Waals surface area contributed by atoms with Crippen LogP contribution in [0, 0.1) is 5.41 Å². The molecule has 4 heteroatoms. The van der Waals surface area contributed by atoms with E-state index >= 15 is 0 Å². The van der Waals surface area contributed by atoms with Crippen LogP contribution in [-0.4, -0.2) is 16.3 Å². The molecule has 0 amide bonds. The average molecular weight is 258 g/mol. The lowest BCUT2D eigenvalue weighted by Gasteiger charge is -2.23. The first kappa shape index (κ1) is 14.5. The predicted molar refractivity (Wildman–Crippen MR) is 73.4 cm³/mol. The lowest BCUT2D eigenvalue weighted by Crippen LogP contribution is -2.29. The molecule has 98 valence electrons. The van der Waals surface area contributed by atoms with E-state index < -0.39 is 0 Å². The quantitative estimate of drug-likeness (QED) is 0.849. The topological polar surface area (TPSA) is 29.9 Å². The zero-order valence-electron chi connectivity index (χ0n) is 11.6. The molecule has 0 spiro atoms. The molecule has 0 saturated carbocycles. The number of aromatic nitrogens is 2. The van der Waals surface area contributed by atoms with Crippen LogP contribution in [0.2, 0.25) is 5.02 Å². The van der Waals surface area contributed by atoms with Gasteiger partial charge in [0.15, 0.2) is 0 Å². The Balaban J connectivity index is 2.61. The van der Waals surface area contributed by atoms with Crippen LogP contribution in [0.15, 0.2) is 0 Å². The van der Waals surface area contributed by atoms with Crippen molar-refractivity contribution in [3.8, 4) is 0 Å². The van der Waals surface area contributed by atoms with Crippen molar-refractivity contribution in [1.29, 1.82) is 0 Å². The highest BCUT2D eigenvalue weighted by atomic mass is 35.5. The Labute approximate surface area is 110 Å². The highest BCUT2D eigenvalue weighted by Gasteiger charge is 2.16. The lowest BCUT2D eigenvalue weighted by molar-refractivity contribution is 0.326. The molecule has 1 N–H and O–H groups in total. The van der Waals surface area contributed by atoms with Crippen LogP contribution in [0.4, 0.5) is 0 Å². The first-order chi connectivity index (χ1) is 7.91. The minimum atomic E-state index is 0.332. The molecule has 1 rings (SSSR count). The summed E-state index contributed by atoms with van der Waals surface area (Å²) in [6, 6.07) is 0. The van der Waals surface area contributed by atoms with Gasteiger partial charge < -0.3 is 5.32 Å². The van der Waals surface area contributed by atoms with Crippen LogP contribution in [0.1, 0.15) is 45.5 Å². The summed E-state index contributed by atoms with van der Waals surface area (Å²) in [5.41, 5.74) is 2.40. The smallest absolute Gasteiger partial charge is 0.0863 e. The Bertz CT molecular complexity index is 369. The van der Waals surface area contributed by atoms with Crippen molar-refractivity contribution in [2.24, 2.45) is 12.5 Å². The molecule has 0 fully saturated rings. The fraction of sp³-hybridized carbons (Fsp3) is 0.769. The van der Waals surface area contributed by atoms with E-state index in [1.807, 2.05) is 11.7 Å². The SMILES string of the molecule is CCc1nn(C)c(CNCC(C)(C)CC)c1Cl. The zero-order chi connectivity index (χ0) is 13.1. The molecule has 1 aromatic heterocycles. The zero-order valence-corrected chi connectivity index (χ0v) is 12.4. The summed E-state index contributed by atoms with van der Waals surface area (Å²) in [7, 11) is 1.95. The monoisotopic (exact) mass is 257 g/mol. The first-order valence-electron chi connectivity index (χ1n) is 6.32. The molecule has 1 aromatic rings. The molecule has 0 atom stereocenters. The van der Waals surface area contributed by atoms with Gasteiger partial charge in [0.05, 0.1) is 16.4 Å². The summed E-state index contributed by atoms with van der Waals surface area (Å²) in [4.78, 5) is 0. The maximum absolute atomic E-state index is 6.29. The Hall–Kier alpha value is -0.540. The molecule has 0 aliphatic heterocycles. The summed E-state index contributed by atoms with van der Waals surface area (Å²) >= 11 is 6.29. The standard InChI is InChI=1S/C13H24ClN3/c1-6-10-12(14)11(17(5)16-10)8-15-9-13(3,4)7-2/h15H,6-9H2,1-5H3. The number of rotatable bonds is 6. The van der Waals surface area contributed by atoms with Gasteiger partial charge >= 0.3 is 0 Å². The number of aryl methyl sites for hydroxylation is 2. The Morgan fingerprint density at radius 1 is 1.35 bits per heavy atom. The largest absolute Gasteiger partial charge is 0.311 e. The Kier molecular flexibility index (Phi) is 5.02. The second-order valence-corrected chi connectivity index (χ2v) is 5.68. The maximum atomic E-state index is 6.29. The fourth-order valence-electron chi connectivity index (χ4n) is 1.66. The van der Waals surface area contributed by atoms with Crippen molar-refractivity contribution in [3.05, 3.63) is 16.4 Å². The van der Waals surface area contributed by atoms with Crippen LogP contribution in [0.25, 0.3) is 0 Å². The molecule has 0 radical (unpaired) electrons. The lowest BCUT2D eigenvalue weighted by atomic mass is 9.90. The maximum Gasteiger partial charge on any atom is 0.0863 e. The van der Waals surface area contributed by atoms with E-state index in [0.717, 1.165) is 35.9 Å². The predicted octanol–water partition coefficient (Wildman–Crippen LogP) is 3.16. The highest BCUT2D eigenvalue weighted by molar-refractivity contribution is 6.31. The van der Waals surface area contributed by atoms with Crippen molar-refractivity contribution >= 4 is 11.6 Å². The van der Waals surface area contributed by atoms with Gasteiger partial charge in [0.2, 0.25) is 0 Å². The van der Waals surface area contributed by atoms with Crippen LogP contribution < -0.4 is 5.32 Å². The van der Waals surface area contributed by atoms with Gasteiger partial charge in [-0.15, -0.1) is 0 Å². The minimum Gasteiger partial charge on any atom is -0.311 e. The van der Waals surface area contributed by atoms with Gasteiger partial charge in [0, 0.05) is 20.1 Å². The third kappa shape index (κ3) is 3.71. The summed E-state index contributed by atoms with van der Waals surface area (Å²) in [5.74, 6) is 0. The summed E-state index contributed by atoms with van der Waals surface area (Å²) < 4.78 is 1.88. The Morgan fingerprint density at radius 2 is 2.00 bits per heavy atom. The molecule has 0 unspecified atom stereocenters. The van der Waals surface area contributed by atoms with Crippen LogP contribution in [0.5, 0.6) is 0 Å². The average Bonchev–Trinajstić information content (AvgIpc) is 2.56. The third-order valence-corrected chi connectivity index (χ3v) is 3.79. The van der Waals surface area contributed by atoms with Gasteiger partial charge in [-0.25, -0.2) is 0 Å². The third-order valence-electron chi connectivity index (χ3n) is 3.36. The van der Waals surface area contributed by atoms with Gasteiger partial charge in [-0.05, 0) is 18.3 Å². The Morgan fingerprint density at radius 3 is 2.47 bits per heavy atom. The van der Waals surface area contributed by atoms with Crippen LogP contribution >= 0.6 is 11.6 Å². The molecule has 1 heterocycles. The fourth-order valence-corrected chi connectivity index (χ4v) is 2.02. The molecular weight excluding hydrogens is 234 g/mol. The van der Waals surface area contributed by atoms with E-state index in [4.69, 9.17) is 11.6 Å². The van der Waals surface area contributed by atoms with Gasteiger partial charge in [0.1, 0.15) is 0 Å². The second kappa shape index (κ2) is 5.87. The van der Waals surface area contributed by atoms with Gasteiger partial charge in [-0.1, -0.05) is 39.3 Å². The normalized spacial score (nSPS) is 12.1. The molecule has 3 nitrogen and oxygen atoms in total. The summed E-state index contributed by atoms with van der Waals surface area (Å²) in [6.45, 7) is 10.6. The van der Waals surface area contributed by atoms with E-state index in [1.54, 1.807) is 0 Å².